The number of hydrogen-bond donors (Lipinski definition) is 2. The molecular formula is C21H30N4O. The van der Waals surface area contributed by atoms with Crippen LogP contribution < -0.4 is 5.32 Å². The van der Waals surface area contributed by atoms with Crippen molar-refractivity contribution in [1.29, 1.82) is 0 Å². The molecule has 1 saturated heterocycles. The van der Waals surface area contributed by atoms with Gasteiger partial charge in [0.15, 0.2) is 0 Å². The van der Waals surface area contributed by atoms with Crippen molar-refractivity contribution in [2.24, 2.45) is 0 Å². The average molecular weight is 354 g/mol. The number of H-pyrrole nitrogens is 1. The number of nitrogens with zero attached hydrogens (tertiary/aromatic N) is 2. The van der Waals surface area contributed by atoms with Crippen molar-refractivity contribution in [3.63, 3.8) is 0 Å². The summed E-state index contributed by atoms with van der Waals surface area (Å²) in [4.78, 5) is 15.1. The van der Waals surface area contributed by atoms with E-state index >= 15 is 0 Å². The molecule has 2 aromatic rings. The summed E-state index contributed by atoms with van der Waals surface area (Å²) in [5.74, 6) is -0.0507. The van der Waals surface area contributed by atoms with Crippen molar-refractivity contribution < 1.29 is 4.79 Å². The molecule has 2 N–H and O–H groups in total. The molecule has 0 saturated carbocycles. The van der Waals surface area contributed by atoms with Crippen molar-refractivity contribution in [2.45, 2.75) is 52.0 Å². The fraction of sp³-hybridized carbons (Fsp3) is 0.524. The van der Waals surface area contributed by atoms with Gasteiger partial charge in [0.2, 0.25) is 5.91 Å². The van der Waals surface area contributed by atoms with Gasteiger partial charge in [-0.15, -0.1) is 0 Å². The highest BCUT2D eigenvalue weighted by atomic mass is 16.1. The summed E-state index contributed by atoms with van der Waals surface area (Å²) in [6.07, 6.45) is 3.14. The van der Waals surface area contributed by atoms with E-state index in [2.05, 4.69) is 50.7 Å². The summed E-state index contributed by atoms with van der Waals surface area (Å²) >= 11 is 0. The molecule has 26 heavy (non-hydrogen) atoms. The molecule has 2 heterocycles. The number of aromatic amines is 1. The molecule has 1 aromatic heterocycles. The number of rotatable bonds is 6. The Morgan fingerprint density at radius 3 is 2.58 bits per heavy atom. The van der Waals surface area contributed by atoms with E-state index in [0.717, 1.165) is 55.8 Å². The summed E-state index contributed by atoms with van der Waals surface area (Å²) < 4.78 is 0. The van der Waals surface area contributed by atoms with E-state index in [1.165, 1.54) is 5.56 Å². The summed E-state index contributed by atoms with van der Waals surface area (Å²) in [7, 11) is 0. The minimum atomic E-state index is -0.162. The van der Waals surface area contributed by atoms with E-state index in [9.17, 15) is 4.79 Å². The lowest BCUT2D eigenvalue weighted by Gasteiger charge is -2.33. The molecule has 140 valence electrons. The zero-order chi connectivity index (χ0) is 18.5. The van der Waals surface area contributed by atoms with Gasteiger partial charge in [-0.25, -0.2) is 0 Å². The lowest BCUT2D eigenvalue weighted by molar-refractivity contribution is -0.123. The molecule has 0 spiro atoms. The highest BCUT2D eigenvalue weighted by Crippen LogP contribution is 2.22. The van der Waals surface area contributed by atoms with Gasteiger partial charge in [-0.1, -0.05) is 30.3 Å². The first-order chi connectivity index (χ1) is 12.5. The molecule has 1 aromatic carbocycles. The van der Waals surface area contributed by atoms with E-state index in [1.54, 1.807) is 0 Å². The quantitative estimate of drug-likeness (QED) is 0.838. The molecule has 0 bridgehead atoms. The Hall–Kier alpha value is -2.14. The second-order valence-electron chi connectivity index (χ2n) is 7.43. The van der Waals surface area contributed by atoms with Gasteiger partial charge in [0.05, 0.1) is 11.6 Å². The normalized spacial score (nSPS) is 17.2. The highest BCUT2D eigenvalue weighted by Gasteiger charge is 2.25. The third-order valence-electron chi connectivity index (χ3n) is 5.50. The topological polar surface area (TPSA) is 61.0 Å². The van der Waals surface area contributed by atoms with Gasteiger partial charge in [-0.3, -0.25) is 9.89 Å². The van der Waals surface area contributed by atoms with Gasteiger partial charge < -0.3 is 10.2 Å². The number of carbonyl (C=O) groups is 1. The standard InChI is InChI=1S/C21H30N4O/c1-15(20-16(2)23-24-17(20)3)21(26)22-19-10-13-25(14-11-19)12-9-18-7-5-4-6-8-18/h4-8,15,19H,9-14H2,1-3H3,(H,22,26)(H,23,24). The van der Waals surface area contributed by atoms with Crippen LogP contribution in [0.3, 0.4) is 0 Å². The van der Waals surface area contributed by atoms with E-state index in [4.69, 9.17) is 0 Å². The Morgan fingerprint density at radius 1 is 1.27 bits per heavy atom. The number of aryl methyl sites for hydroxylation is 2. The summed E-state index contributed by atoms with van der Waals surface area (Å²) in [6.45, 7) is 9.09. The first-order valence-corrected chi connectivity index (χ1v) is 9.62. The van der Waals surface area contributed by atoms with E-state index in [0.29, 0.717) is 0 Å². The Balaban J connectivity index is 1.44. The van der Waals surface area contributed by atoms with Crippen LogP contribution in [0.15, 0.2) is 30.3 Å². The molecule has 1 fully saturated rings. The van der Waals surface area contributed by atoms with E-state index in [-0.39, 0.29) is 17.9 Å². The Bertz CT molecular complexity index is 697. The number of amides is 1. The molecule has 1 aliphatic heterocycles. The van der Waals surface area contributed by atoms with Gasteiger partial charge in [0, 0.05) is 36.9 Å². The molecule has 0 radical (unpaired) electrons. The fourth-order valence-electron chi connectivity index (χ4n) is 3.89. The number of aromatic nitrogens is 2. The number of benzene rings is 1. The van der Waals surface area contributed by atoms with Crippen LogP contribution in [-0.2, 0) is 11.2 Å². The van der Waals surface area contributed by atoms with Crippen LogP contribution in [-0.4, -0.2) is 46.7 Å². The maximum absolute atomic E-state index is 12.6. The second-order valence-corrected chi connectivity index (χ2v) is 7.43. The van der Waals surface area contributed by atoms with Crippen LogP contribution in [0.4, 0.5) is 0 Å². The van der Waals surface area contributed by atoms with Crippen LogP contribution >= 0.6 is 0 Å². The second kappa shape index (κ2) is 8.49. The number of likely N-dealkylation sites (tertiary alicyclic amines) is 1. The summed E-state index contributed by atoms with van der Waals surface area (Å²) in [5.41, 5.74) is 4.33. The van der Waals surface area contributed by atoms with Crippen LogP contribution in [0.1, 0.15) is 48.2 Å². The first-order valence-electron chi connectivity index (χ1n) is 9.62. The monoisotopic (exact) mass is 354 g/mol. The molecular weight excluding hydrogens is 324 g/mol. The van der Waals surface area contributed by atoms with Gasteiger partial charge in [0.1, 0.15) is 0 Å². The van der Waals surface area contributed by atoms with Crippen LogP contribution in [0.25, 0.3) is 0 Å². The number of piperidine rings is 1. The summed E-state index contributed by atoms with van der Waals surface area (Å²) in [6, 6.07) is 10.9. The maximum Gasteiger partial charge on any atom is 0.227 e. The zero-order valence-electron chi connectivity index (χ0n) is 16.1. The third kappa shape index (κ3) is 4.52. The molecule has 0 aliphatic carbocycles. The molecule has 1 aliphatic rings. The molecule has 1 amide bonds. The lowest BCUT2D eigenvalue weighted by Crippen LogP contribution is -2.46. The fourth-order valence-corrected chi connectivity index (χ4v) is 3.89. The first kappa shape index (κ1) is 18.6. The van der Waals surface area contributed by atoms with E-state index in [1.807, 2.05) is 20.8 Å². The SMILES string of the molecule is Cc1n[nH]c(C)c1C(C)C(=O)NC1CCN(CCc2ccccc2)CC1. The van der Waals surface area contributed by atoms with Gasteiger partial charge >= 0.3 is 0 Å². The molecule has 1 atom stereocenters. The highest BCUT2D eigenvalue weighted by molar-refractivity contribution is 5.84. The smallest absolute Gasteiger partial charge is 0.227 e. The predicted molar refractivity (Wildman–Crippen MR) is 104 cm³/mol. The number of hydrogen-bond acceptors (Lipinski definition) is 3. The van der Waals surface area contributed by atoms with Gasteiger partial charge in [0.25, 0.3) is 0 Å². The minimum Gasteiger partial charge on any atom is -0.353 e. The molecule has 5 heteroatoms. The predicted octanol–water partition coefficient (Wildman–Crippen LogP) is 2.95. The molecule has 3 rings (SSSR count). The van der Waals surface area contributed by atoms with Crippen LogP contribution in [0, 0.1) is 13.8 Å². The van der Waals surface area contributed by atoms with Gasteiger partial charge in [-0.05, 0) is 45.6 Å². The Kier molecular flexibility index (Phi) is 6.09. The number of nitrogens with one attached hydrogen (secondary N) is 2. The van der Waals surface area contributed by atoms with Crippen LogP contribution in [0.5, 0.6) is 0 Å². The molecule has 5 nitrogen and oxygen atoms in total. The number of carbonyl (C=O) groups excluding carboxylic acids is 1. The Labute approximate surface area is 156 Å². The maximum atomic E-state index is 12.6. The van der Waals surface area contributed by atoms with Crippen molar-refractivity contribution in [3.05, 3.63) is 52.8 Å². The summed E-state index contributed by atoms with van der Waals surface area (Å²) in [5, 5.41) is 10.4. The zero-order valence-corrected chi connectivity index (χ0v) is 16.1. The minimum absolute atomic E-state index is 0.111. The molecule has 1 unspecified atom stereocenters. The van der Waals surface area contributed by atoms with Gasteiger partial charge in [-0.2, -0.15) is 5.10 Å². The van der Waals surface area contributed by atoms with Crippen molar-refractivity contribution >= 4 is 5.91 Å². The lowest BCUT2D eigenvalue weighted by atomic mass is 9.97. The largest absolute Gasteiger partial charge is 0.353 e. The van der Waals surface area contributed by atoms with E-state index < -0.39 is 0 Å². The van der Waals surface area contributed by atoms with Crippen molar-refractivity contribution in [1.82, 2.24) is 20.4 Å². The Morgan fingerprint density at radius 2 is 1.96 bits per heavy atom. The van der Waals surface area contributed by atoms with Crippen molar-refractivity contribution in [2.75, 3.05) is 19.6 Å². The van der Waals surface area contributed by atoms with Crippen LogP contribution in [0.2, 0.25) is 0 Å². The third-order valence-corrected chi connectivity index (χ3v) is 5.50. The average Bonchev–Trinajstić information content (AvgIpc) is 2.99. The van der Waals surface area contributed by atoms with Crippen molar-refractivity contribution in [3.8, 4) is 0 Å².